The first-order valence-electron chi connectivity index (χ1n) is 6.85. The van der Waals surface area contributed by atoms with Gasteiger partial charge in [-0.05, 0) is 45.0 Å². The monoisotopic (exact) mass is 262 g/mol. The lowest BCUT2D eigenvalue weighted by Crippen LogP contribution is -2.30. The molecule has 2 heterocycles. The molecular weight excluding hydrogens is 240 g/mol. The lowest BCUT2D eigenvalue weighted by atomic mass is 10.1. The van der Waals surface area contributed by atoms with Crippen molar-refractivity contribution >= 4 is 11.7 Å². The number of pyridine rings is 1. The lowest BCUT2D eigenvalue weighted by molar-refractivity contribution is 0.0947. The van der Waals surface area contributed by atoms with Crippen LogP contribution in [0.1, 0.15) is 23.7 Å². The van der Waals surface area contributed by atoms with Crippen LogP contribution in [0.5, 0.6) is 0 Å². The number of likely N-dealkylation sites (tertiary alicyclic amines) is 1. The van der Waals surface area contributed by atoms with E-state index in [2.05, 4.69) is 27.6 Å². The lowest BCUT2D eigenvalue weighted by Gasteiger charge is -2.12. The fourth-order valence-corrected chi connectivity index (χ4v) is 2.38. The van der Waals surface area contributed by atoms with Crippen LogP contribution in [0, 0.1) is 5.92 Å². The standard InChI is InChI=1S/C14H22N4O/c1-3-15-13-8-12(4-6-16-13)14(19)17-9-11-5-7-18(2)10-11/h4,6,8,11H,3,5,7,9-10H2,1-2H3,(H,15,16)(H,17,19). The fraction of sp³-hybridized carbons (Fsp3) is 0.571. The third-order valence-electron chi connectivity index (χ3n) is 3.42. The molecule has 0 aliphatic carbocycles. The molecule has 5 nitrogen and oxygen atoms in total. The Labute approximate surface area is 114 Å². The van der Waals surface area contributed by atoms with E-state index >= 15 is 0 Å². The summed E-state index contributed by atoms with van der Waals surface area (Å²) in [6.07, 6.45) is 2.83. The van der Waals surface area contributed by atoms with Gasteiger partial charge in [0, 0.05) is 31.4 Å². The highest BCUT2D eigenvalue weighted by Crippen LogP contribution is 2.13. The molecule has 0 aromatic carbocycles. The molecular formula is C14H22N4O. The van der Waals surface area contributed by atoms with Crippen molar-refractivity contribution < 1.29 is 4.79 Å². The summed E-state index contributed by atoms with van der Waals surface area (Å²) >= 11 is 0. The van der Waals surface area contributed by atoms with Crippen LogP contribution in [0.4, 0.5) is 5.82 Å². The summed E-state index contributed by atoms with van der Waals surface area (Å²) in [6, 6.07) is 3.54. The molecule has 1 aliphatic heterocycles. The summed E-state index contributed by atoms with van der Waals surface area (Å²) in [7, 11) is 2.12. The highest BCUT2D eigenvalue weighted by atomic mass is 16.1. The summed E-state index contributed by atoms with van der Waals surface area (Å²) in [4.78, 5) is 18.5. The third kappa shape index (κ3) is 3.92. The van der Waals surface area contributed by atoms with Gasteiger partial charge in [0.2, 0.25) is 0 Å². The van der Waals surface area contributed by atoms with E-state index in [1.54, 1.807) is 18.3 Å². The van der Waals surface area contributed by atoms with Crippen LogP contribution < -0.4 is 10.6 Å². The van der Waals surface area contributed by atoms with Gasteiger partial charge < -0.3 is 15.5 Å². The predicted octanol–water partition coefficient (Wildman–Crippen LogP) is 1.19. The van der Waals surface area contributed by atoms with Crippen molar-refractivity contribution in [2.45, 2.75) is 13.3 Å². The van der Waals surface area contributed by atoms with Gasteiger partial charge in [-0.15, -0.1) is 0 Å². The summed E-state index contributed by atoms with van der Waals surface area (Å²) in [5.74, 6) is 1.30. The van der Waals surface area contributed by atoms with E-state index in [1.165, 1.54) is 0 Å². The van der Waals surface area contributed by atoms with Gasteiger partial charge in [0.1, 0.15) is 5.82 Å². The largest absolute Gasteiger partial charge is 0.370 e. The van der Waals surface area contributed by atoms with Gasteiger partial charge in [0.25, 0.3) is 5.91 Å². The van der Waals surface area contributed by atoms with Gasteiger partial charge in [0.15, 0.2) is 0 Å². The number of hydrogen-bond donors (Lipinski definition) is 2. The number of carbonyl (C=O) groups excluding carboxylic acids is 1. The second-order valence-electron chi connectivity index (χ2n) is 5.09. The molecule has 1 amide bonds. The van der Waals surface area contributed by atoms with E-state index < -0.39 is 0 Å². The Kier molecular flexibility index (Phi) is 4.74. The summed E-state index contributed by atoms with van der Waals surface area (Å²) in [5, 5.41) is 6.12. The Morgan fingerprint density at radius 3 is 3.11 bits per heavy atom. The average Bonchev–Trinajstić information content (AvgIpc) is 2.82. The SMILES string of the molecule is CCNc1cc(C(=O)NCC2CCN(C)C2)ccn1. The molecule has 0 saturated carbocycles. The predicted molar refractivity (Wildman–Crippen MR) is 76.3 cm³/mol. The number of aromatic nitrogens is 1. The first kappa shape index (κ1) is 13.8. The van der Waals surface area contributed by atoms with Crippen LogP contribution in [0.2, 0.25) is 0 Å². The molecule has 1 fully saturated rings. The number of hydrogen-bond acceptors (Lipinski definition) is 4. The van der Waals surface area contributed by atoms with Crippen LogP contribution in [0.3, 0.4) is 0 Å². The molecule has 104 valence electrons. The highest BCUT2D eigenvalue weighted by molar-refractivity contribution is 5.94. The van der Waals surface area contributed by atoms with E-state index in [0.29, 0.717) is 11.5 Å². The van der Waals surface area contributed by atoms with Crippen molar-refractivity contribution in [3.63, 3.8) is 0 Å². The number of carbonyl (C=O) groups is 1. The third-order valence-corrected chi connectivity index (χ3v) is 3.42. The first-order chi connectivity index (χ1) is 9.19. The van der Waals surface area contributed by atoms with Gasteiger partial charge in [-0.3, -0.25) is 4.79 Å². The quantitative estimate of drug-likeness (QED) is 0.837. The first-order valence-corrected chi connectivity index (χ1v) is 6.85. The Balaban J connectivity index is 1.87. The van der Waals surface area contributed by atoms with E-state index in [9.17, 15) is 4.79 Å². The molecule has 0 spiro atoms. The second kappa shape index (κ2) is 6.52. The zero-order chi connectivity index (χ0) is 13.7. The fourth-order valence-electron chi connectivity index (χ4n) is 2.38. The Hall–Kier alpha value is -1.62. The number of anilines is 1. The van der Waals surface area contributed by atoms with Crippen molar-refractivity contribution in [1.29, 1.82) is 0 Å². The van der Waals surface area contributed by atoms with Crippen LogP contribution in [-0.4, -0.2) is 49.0 Å². The molecule has 1 aromatic rings. The van der Waals surface area contributed by atoms with E-state index in [-0.39, 0.29) is 5.91 Å². The Morgan fingerprint density at radius 1 is 1.58 bits per heavy atom. The summed E-state index contributed by atoms with van der Waals surface area (Å²) in [5.41, 5.74) is 0.664. The molecule has 5 heteroatoms. The van der Waals surface area contributed by atoms with Gasteiger partial charge in [-0.2, -0.15) is 0 Å². The van der Waals surface area contributed by atoms with E-state index in [1.807, 2.05) is 6.92 Å². The highest BCUT2D eigenvalue weighted by Gasteiger charge is 2.20. The number of nitrogens with one attached hydrogen (secondary N) is 2. The van der Waals surface area contributed by atoms with Crippen LogP contribution in [-0.2, 0) is 0 Å². The maximum atomic E-state index is 12.1. The van der Waals surface area contributed by atoms with Crippen molar-refractivity contribution in [3.05, 3.63) is 23.9 Å². The van der Waals surface area contributed by atoms with Crippen molar-refractivity contribution in [1.82, 2.24) is 15.2 Å². The summed E-state index contributed by atoms with van der Waals surface area (Å²) < 4.78 is 0. The van der Waals surface area contributed by atoms with Gasteiger partial charge in [-0.25, -0.2) is 4.98 Å². The smallest absolute Gasteiger partial charge is 0.251 e. The molecule has 0 radical (unpaired) electrons. The average molecular weight is 262 g/mol. The van der Waals surface area contributed by atoms with Crippen LogP contribution >= 0.6 is 0 Å². The van der Waals surface area contributed by atoms with Gasteiger partial charge in [-0.1, -0.05) is 0 Å². The van der Waals surface area contributed by atoms with Crippen molar-refractivity contribution in [3.8, 4) is 0 Å². The molecule has 0 bridgehead atoms. The summed E-state index contributed by atoms with van der Waals surface area (Å²) in [6.45, 7) is 5.75. The normalized spacial score (nSPS) is 19.4. The molecule has 2 N–H and O–H groups in total. The minimum atomic E-state index is -0.0175. The molecule has 2 rings (SSSR count). The Bertz CT molecular complexity index is 435. The number of nitrogens with zero attached hydrogens (tertiary/aromatic N) is 2. The number of rotatable bonds is 5. The molecule has 1 unspecified atom stereocenters. The zero-order valence-corrected chi connectivity index (χ0v) is 11.6. The van der Waals surface area contributed by atoms with Crippen molar-refractivity contribution in [2.24, 2.45) is 5.92 Å². The minimum Gasteiger partial charge on any atom is -0.370 e. The maximum absolute atomic E-state index is 12.1. The van der Waals surface area contributed by atoms with E-state index in [4.69, 9.17) is 0 Å². The van der Waals surface area contributed by atoms with E-state index in [0.717, 1.165) is 38.4 Å². The molecule has 1 atom stereocenters. The van der Waals surface area contributed by atoms with Crippen LogP contribution in [0.15, 0.2) is 18.3 Å². The van der Waals surface area contributed by atoms with Crippen molar-refractivity contribution in [2.75, 3.05) is 38.5 Å². The molecule has 1 saturated heterocycles. The van der Waals surface area contributed by atoms with Gasteiger partial charge >= 0.3 is 0 Å². The Morgan fingerprint density at radius 2 is 2.42 bits per heavy atom. The maximum Gasteiger partial charge on any atom is 0.251 e. The topological polar surface area (TPSA) is 57.3 Å². The minimum absolute atomic E-state index is 0.0175. The molecule has 19 heavy (non-hydrogen) atoms. The number of amides is 1. The second-order valence-corrected chi connectivity index (χ2v) is 5.09. The molecule has 1 aromatic heterocycles. The van der Waals surface area contributed by atoms with Gasteiger partial charge in [0.05, 0.1) is 0 Å². The molecule has 1 aliphatic rings. The zero-order valence-electron chi connectivity index (χ0n) is 11.6. The van der Waals surface area contributed by atoms with Crippen LogP contribution in [0.25, 0.3) is 0 Å².